The van der Waals surface area contributed by atoms with Gasteiger partial charge in [0.25, 0.3) is 0 Å². The summed E-state index contributed by atoms with van der Waals surface area (Å²) in [6.45, 7) is 4.69. The molecule has 1 N–H and O–H groups in total. The maximum atomic E-state index is 9.24. The third kappa shape index (κ3) is 3.31. The van der Waals surface area contributed by atoms with Crippen molar-refractivity contribution in [2.45, 2.75) is 33.0 Å². The van der Waals surface area contributed by atoms with Crippen molar-refractivity contribution in [2.24, 2.45) is 0 Å². The number of thiophene rings is 1. The quantitative estimate of drug-likeness (QED) is 0.899. The second kappa shape index (κ2) is 5.98. The first-order valence-corrected chi connectivity index (χ1v) is 6.84. The van der Waals surface area contributed by atoms with E-state index in [4.69, 9.17) is 4.74 Å². The fourth-order valence-electron chi connectivity index (χ4n) is 1.58. The van der Waals surface area contributed by atoms with Crippen LogP contribution in [0, 0.1) is 0 Å². The number of pyridine rings is 1. The molecule has 0 fully saturated rings. The smallest absolute Gasteiger partial charge is 0.214 e. The van der Waals surface area contributed by atoms with E-state index in [1.807, 2.05) is 23.6 Å². The Morgan fingerprint density at radius 2 is 2.22 bits per heavy atom. The molecular weight excluding hydrogens is 246 g/mol. The van der Waals surface area contributed by atoms with Crippen molar-refractivity contribution in [1.82, 2.24) is 4.98 Å². The van der Waals surface area contributed by atoms with Crippen molar-refractivity contribution in [2.75, 3.05) is 0 Å². The Hall–Kier alpha value is -1.39. The molecule has 0 unspecified atom stereocenters. The van der Waals surface area contributed by atoms with Gasteiger partial charge in [-0.25, -0.2) is 4.98 Å². The van der Waals surface area contributed by atoms with E-state index >= 15 is 0 Å². The molecule has 0 aliphatic heterocycles. The number of aromatic nitrogens is 1. The van der Waals surface area contributed by atoms with Crippen molar-refractivity contribution in [3.05, 3.63) is 45.8 Å². The van der Waals surface area contributed by atoms with Crippen molar-refractivity contribution < 1.29 is 9.84 Å². The molecule has 0 spiro atoms. The minimum Gasteiger partial charge on any atom is -0.472 e. The number of nitrogens with zero attached hydrogens (tertiary/aromatic N) is 1. The number of hydrogen-bond acceptors (Lipinski definition) is 4. The highest BCUT2D eigenvalue weighted by atomic mass is 32.1. The topological polar surface area (TPSA) is 42.4 Å². The van der Waals surface area contributed by atoms with Crippen LogP contribution in [0.4, 0.5) is 0 Å². The first kappa shape index (κ1) is 13.1. The monoisotopic (exact) mass is 263 g/mol. The number of aliphatic hydroxyl groups excluding tert-OH is 1. The molecule has 0 radical (unpaired) electrons. The lowest BCUT2D eigenvalue weighted by molar-refractivity contribution is 0.274. The molecule has 0 amide bonds. The molecule has 2 heterocycles. The molecular formula is C14H17NO2S. The maximum absolute atomic E-state index is 9.24. The van der Waals surface area contributed by atoms with Gasteiger partial charge in [0, 0.05) is 16.6 Å². The Morgan fingerprint density at radius 1 is 1.39 bits per heavy atom. The fourth-order valence-corrected chi connectivity index (χ4v) is 2.20. The third-order valence-corrected chi connectivity index (χ3v) is 3.45. The molecule has 2 rings (SSSR count). The van der Waals surface area contributed by atoms with E-state index in [9.17, 15) is 5.11 Å². The maximum Gasteiger partial charge on any atom is 0.214 e. The van der Waals surface area contributed by atoms with Gasteiger partial charge >= 0.3 is 0 Å². The molecule has 0 bridgehead atoms. The van der Waals surface area contributed by atoms with Crippen molar-refractivity contribution in [3.8, 4) is 5.88 Å². The minimum absolute atomic E-state index is 0.0115. The van der Waals surface area contributed by atoms with Gasteiger partial charge in [-0.05, 0) is 29.0 Å². The van der Waals surface area contributed by atoms with Gasteiger partial charge < -0.3 is 9.84 Å². The summed E-state index contributed by atoms with van der Waals surface area (Å²) in [6.07, 6.45) is 0. The summed E-state index contributed by atoms with van der Waals surface area (Å²) in [4.78, 5) is 5.62. The van der Waals surface area contributed by atoms with Crippen LogP contribution in [0.5, 0.6) is 5.88 Å². The van der Waals surface area contributed by atoms with Crippen molar-refractivity contribution in [3.63, 3.8) is 0 Å². The predicted octanol–water partition coefficient (Wildman–Crippen LogP) is 3.34. The zero-order chi connectivity index (χ0) is 13.0. The predicted molar refractivity (Wildman–Crippen MR) is 72.9 cm³/mol. The zero-order valence-corrected chi connectivity index (χ0v) is 11.4. The normalized spacial score (nSPS) is 10.9. The molecule has 3 nitrogen and oxygen atoms in total. The first-order chi connectivity index (χ1) is 8.69. The molecule has 2 aromatic heterocycles. The molecule has 18 heavy (non-hydrogen) atoms. The lowest BCUT2D eigenvalue weighted by Gasteiger charge is -2.10. The van der Waals surface area contributed by atoms with Gasteiger partial charge in [0.2, 0.25) is 5.88 Å². The van der Waals surface area contributed by atoms with Gasteiger partial charge in [0.1, 0.15) is 6.61 Å². The summed E-state index contributed by atoms with van der Waals surface area (Å²) in [6, 6.07) is 7.74. The van der Waals surface area contributed by atoms with Crippen LogP contribution >= 0.6 is 11.3 Å². The molecule has 0 aliphatic rings. The van der Waals surface area contributed by atoms with E-state index in [1.165, 1.54) is 0 Å². The summed E-state index contributed by atoms with van der Waals surface area (Å²) >= 11 is 1.66. The van der Waals surface area contributed by atoms with Gasteiger partial charge in [-0.2, -0.15) is 0 Å². The number of hydrogen-bond donors (Lipinski definition) is 1. The Morgan fingerprint density at radius 3 is 2.83 bits per heavy atom. The average molecular weight is 263 g/mol. The Balaban J connectivity index is 2.13. The molecule has 0 saturated carbocycles. The molecule has 4 heteroatoms. The summed E-state index contributed by atoms with van der Waals surface area (Å²) in [7, 11) is 0. The second-order valence-corrected chi connectivity index (χ2v) is 5.45. The Bertz CT molecular complexity index is 495. The summed E-state index contributed by atoms with van der Waals surface area (Å²) in [5.41, 5.74) is 1.79. The zero-order valence-electron chi connectivity index (χ0n) is 10.6. The Labute approximate surface area is 111 Å². The molecule has 0 aliphatic carbocycles. The molecule has 0 aromatic carbocycles. The van der Waals surface area contributed by atoms with E-state index in [0.717, 1.165) is 16.1 Å². The van der Waals surface area contributed by atoms with Crippen LogP contribution in [0.2, 0.25) is 0 Å². The van der Waals surface area contributed by atoms with Crippen LogP contribution in [0.25, 0.3) is 0 Å². The highest BCUT2D eigenvalue weighted by Crippen LogP contribution is 2.20. The number of rotatable bonds is 5. The lowest BCUT2D eigenvalue weighted by atomic mass is 10.1. The number of ether oxygens (including phenoxy) is 1. The molecule has 0 atom stereocenters. The van der Waals surface area contributed by atoms with Gasteiger partial charge in [-0.1, -0.05) is 19.9 Å². The molecule has 2 aromatic rings. The van der Waals surface area contributed by atoms with E-state index in [-0.39, 0.29) is 6.61 Å². The average Bonchev–Trinajstić information content (AvgIpc) is 2.89. The van der Waals surface area contributed by atoms with E-state index in [0.29, 0.717) is 18.4 Å². The van der Waals surface area contributed by atoms with E-state index in [2.05, 4.69) is 18.8 Å². The van der Waals surface area contributed by atoms with Crippen LogP contribution in [-0.4, -0.2) is 10.1 Å². The third-order valence-electron chi connectivity index (χ3n) is 2.60. The van der Waals surface area contributed by atoms with Gasteiger partial charge in [-0.15, -0.1) is 11.3 Å². The standard InChI is InChI=1S/C14H17NO2S/c1-10(2)13-6-11(8-16)7-14(15-13)17-9-12-4-3-5-18-12/h3-7,10,16H,8-9H2,1-2H3. The summed E-state index contributed by atoms with van der Waals surface area (Å²) < 4.78 is 5.67. The number of aliphatic hydroxyl groups is 1. The fraction of sp³-hybridized carbons (Fsp3) is 0.357. The first-order valence-electron chi connectivity index (χ1n) is 5.96. The van der Waals surface area contributed by atoms with Gasteiger partial charge in [0.05, 0.1) is 6.61 Å². The minimum atomic E-state index is 0.0115. The van der Waals surface area contributed by atoms with Gasteiger partial charge in [0.15, 0.2) is 0 Å². The SMILES string of the molecule is CC(C)c1cc(CO)cc(OCc2cccs2)n1. The summed E-state index contributed by atoms with van der Waals surface area (Å²) in [5.74, 6) is 0.902. The highest BCUT2D eigenvalue weighted by molar-refractivity contribution is 7.09. The van der Waals surface area contributed by atoms with Crippen LogP contribution in [-0.2, 0) is 13.2 Å². The molecule has 0 saturated heterocycles. The van der Waals surface area contributed by atoms with E-state index < -0.39 is 0 Å². The van der Waals surface area contributed by atoms with Crippen molar-refractivity contribution >= 4 is 11.3 Å². The molecule has 96 valence electrons. The largest absolute Gasteiger partial charge is 0.472 e. The Kier molecular flexibility index (Phi) is 4.33. The van der Waals surface area contributed by atoms with Crippen LogP contribution in [0.15, 0.2) is 29.6 Å². The second-order valence-electron chi connectivity index (χ2n) is 4.42. The van der Waals surface area contributed by atoms with Crippen LogP contribution in [0.3, 0.4) is 0 Å². The highest BCUT2D eigenvalue weighted by Gasteiger charge is 2.07. The van der Waals surface area contributed by atoms with Crippen LogP contribution in [0.1, 0.15) is 35.9 Å². The van der Waals surface area contributed by atoms with E-state index in [1.54, 1.807) is 17.4 Å². The van der Waals surface area contributed by atoms with Crippen LogP contribution < -0.4 is 4.74 Å². The van der Waals surface area contributed by atoms with Crippen molar-refractivity contribution in [1.29, 1.82) is 0 Å². The summed E-state index contributed by atoms with van der Waals surface area (Å²) in [5, 5.41) is 11.3. The van der Waals surface area contributed by atoms with Gasteiger partial charge in [-0.3, -0.25) is 0 Å². The lowest BCUT2D eigenvalue weighted by Crippen LogP contribution is -2.01.